The van der Waals surface area contributed by atoms with Crippen LogP contribution in [0.4, 0.5) is 0 Å². The Balaban J connectivity index is 2.37. The maximum Gasteiger partial charge on any atom is 0.280 e. The van der Waals surface area contributed by atoms with E-state index >= 15 is 0 Å². The minimum Gasteiger partial charge on any atom is -0.329 e. The van der Waals surface area contributed by atoms with Gasteiger partial charge >= 0.3 is 0 Å². The fourth-order valence-electron chi connectivity index (χ4n) is 1.84. The summed E-state index contributed by atoms with van der Waals surface area (Å²) in [5, 5.41) is -0.106. The lowest BCUT2D eigenvalue weighted by molar-refractivity contribution is 0.606. The van der Waals surface area contributed by atoms with Crippen LogP contribution in [-0.4, -0.2) is 23.0 Å². The number of rotatable bonds is 5. The van der Waals surface area contributed by atoms with Crippen LogP contribution < -0.4 is 0 Å². The third-order valence-corrected chi connectivity index (χ3v) is 4.28. The van der Waals surface area contributed by atoms with E-state index in [1.165, 1.54) is 6.20 Å². The molecule has 0 bridgehead atoms. The van der Waals surface area contributed by atoms with Gasteiger partial charge in [0.25, 0.3) is 9.05 Å². The molecule has 5 nitrogen and oxygen atoms in total. The van der Waals surface area contributed by atoms with E-state index in [1.807, 2.05) is 13.0 Å². The number of hydrogen-bond acceptors (Lipinski definition) is 4. The summed E-state index contributed by atoms with van der Waals surface area (Å²) in [6.45, 7) is 2.51. The van der Waals surface area contributed by atoms with Crippen LogP contribution in [0.3, 0.4) is 0 Å². The van der Waals surface area contributed by atoms with Crippen LogP contribution in [0.15, 0.2) is 34.2 Å². The molecule has 2 aromatic rings. The van der Waals surface area contributed by atoms with E-state index in [-0.39, 0.29) is 5.03 Å². The SMILES string of the molecule is CCCc1nc(S(=O)(=O)Cl)cn1Cc1cncc(Br)c1. The lowest BCUT2D eigenvalue weighted by Gasteiger charge is -2.06. The zero-order chi connectivity index (χ0) is 14.8. The molecule has 0 N–H and O–H groups in total. The van der Waals surface area contributed by atoms with Gasteiger partial charge in [0.15, 0.2) is 5.03 Å². The molecule has 0 aliphatic rings. The van der Waals surface area contributed by atoms with Gasteiger partial charge in [-0.2, -0.15) is 0 Å². The first-order valence-corrected chi connectivity index (χ1v) is 9.10. The van der Waals surface area contributed by atoms with E-state index in [9.17, 15) is 8.42 Å². The molecule has 0 fully saturated rings. The predicted octanol–water partition coefficient (Wildman–Crippen LogP) is 2.97. The van der Waals surface area contributed by atoms with E-state index in [0.717, 1.165) is 16.5 Å². The van der Waals surface area contributed by atoms with Gasteiger partial charge in [-0.3, -0.25) is 4.98 Å². The van der Waals surface area contributed by atoms with Crippen LogP contribution >= 0.6 is 26.6 Å². The highest BCUT2D eigenvalue weighted by atomic mass is 79.9. The Hall–Kier alpha value is -0.920. The van der Waals surface area contributed by atoms with Crippen molar-refractivity contribution >= 4 is 35.7 Å². The number of nitrogens with zero attached hydrogens (tertiary/aromatic N) is 3. The molecule has 8 heteroatoms. The van der Waals surface area contributed by atoms with E-state index < -0.39 is 9.05 Å². The van der Waals surface area contributed by atoms with Gasteiger partial charge in [-0.15, -0.1) is 0 Å². The average Bonchev–Trinajstić information content (AvgIpc) is 2.73. The van der Waals surface area contributed by atoms with Crippen molar-refractivity contribution in [3.05, 3.63) is 40.5 Å². The van der Waals surface area contributed by atoms with Gasteiger partial charge in [0.05, 0.1) is 6.54 Å². The van der Waals surface area contributed by atoms with Crippen LogP contribution in [0.5, 0.6) is 0 Å². The average molecular weight is 379 g/mol. The number of aryl methyl sites for hydroxylation is 1. The quantitative estimate of drug-likeness (QED) is 0.750. The summed E-state index contributed by atoms with van der Waals surface area (Å²) in [5.74, 6) is 0.701. The first-order chi connectivity index (χ1) is 9.40. The third kappa shape index (κ3) is 3.80. The van der Waals surface area contributed by atoms with Crippen LogP contribution in [0.25, 0.3) is 0 Å². The van der Waals surface area contributed by atoms with E-state index in [1.54, 1.807) is 17.0 Å². The van der Waals surface area contributed by atoms with Gasteiger partial charge in [-0.25, -0.2) is 13.4 Å². The molecular weight excluding hydrogens is 366 g/mol. The Morgan fingerprint density at radius 3 is 2.75 bits per heavy atom. The molecule has 2 aromatic heterocycles. The Kier molecular flexibility index (Phi) is 4.82. The lowest BCUT2D eigenvalue weighted by atomic mass is 10.2. The fourth-order valence-corrected chi connectivity index (χ4v) is 2.95. The maximum atomic E-state index is 11.4. The Morgan fingerprint density at radius 1 is 1.40 bits per heavy atom. The second kappa shape index (κ2) is 6.24. The molecule has 0 aliphatic carbocycles. The Bertz CT molecular complexity index is 715. The molecule has 2 rings (SSSR count). The maximum absolute atomic E-state index is 11.4. The largest absolute Gasteiger partial charge is 0.329 e. The summed E-state index contributed by atoms with van der Waals surface area (Å²) >= 11 is 3.36. The molecule has 0 atom stereocenters. The summed E-state index contributed by atoms with van der Waals surface area (Å²) in [5.41, 5.74) is 0.952. The molecule has 0 amide bonds. The summed E-state index contributed by atoms with van der Waals surface area (Å²) in [6.07, 6.45) is 6.45. The van der Waals surface area contributed by atoms with Crippen molar-refractivity contribution in [3.63, 3.8) is 0 Å². The molecule has 0 radical (unpaired) electrons. The highest BCUT2D eigenvalue weighted by molar-refractivity contribution is 9.10. The van der Waals surface area contributed by atoms with Crippen molar-refractivity contribution in [2.75, 3.05) is 0 Å². The topological polar surface area (TPSA) is 64.8 Å². The van der Waals surface area contributed by atoms with Crippen molar-refractivity contribution in [3.8, 4) is 0 Å². The second-order valence-corrected chi connectivity index (χ2v) is 7.75. The Morgan fingerprint density at radius 2 is 2.15 bits per heavy atom. The normalized spacial score (nSPS) is 11.8. The van der Waals surface area contributed by atoms with Gasteiger partial charge in [0, 0.05) is 40.2 Å². The van der Waals surface area contributed by atoms with E-state index in [4.69, 9.17) is 10.7 Å². The van der Waals surface area contributed by atoms with Crippen molar-refractivity contribution in [1.82, 2.24) is 14.5 Å². The molecule has 0 aromatic carbocycles. The van der Waals surface area contributed by atoms with Gasteiger partial charge in [0.2, 0.25) is 0 Å². The third-order valence-electron chi connectivity index (χ3n) is 2.67. The summed E-state index contributed by atoms with van der Waals surface area (Å²) in [6, 6.07) is 1.93. The zero-order valence-electron chi connectivity index (χ0n) is 10.8. The van der Waals surface area contributed by atoms with E-state index in [2.05, 4.69) is 25.9 Å². The first kappa shape index (κ1) is 15.5. The van der Waals surface area contributed by atoms with Crippen molar-refractivity contribution < 1.29 is 8.42 Å². The molecule has 0 saturated heterocycles. The standard InChI is InChI=1S/C12H13BrClN3O2S/c1-2-3-11-16-12(20(14,18)19)8-17(11)7-9-4-10(13)6-15-5-9/h4-6,8H,2-3,7H2,1H3. The second-order valence-electron chi connectivity index (χ2n) is 4.32. The number of imidazole rings is 1. The predicted molar refractivity (Wildman–Crippen MR) is 80.3 cm³/mol. The molecule has 0 aliphatic heterocycles. The molecule has 108 valence electrons. The van der Waals surface area contributed by atoms with E-state index in [0.29, 0.717) is 18.8 Å². The van der Waals surface area contributed by atoms with Gasteiger partial charge in [0.1, 0.15) is 5.82 Å². The molecular formula is C12H13BrClN3O2S. The van der Waals surface area contributed by atoms with Crippen molar-refractivity contribution in [2.24, 2.45) is 0 Å². The summed E-state index contributed by atoms with van der Waals surface area (Å²) in [4.78, 5) is 8.19. The van der Waals surface area contributed by atoms with Gasteiger partial charge in [-0.1, -0.05) is 6.92 Å². The van der Waals surface area contributed by atoms with Gasteiger partial charge < -0.3 is 4.57 Å². The summed E-state index contributed by atoms with van der Waals surface area (Å²) in [7, 11) is 1.54. The smallest absolute Gasteiger partial charge is 0.280 e. The number of hydrogen-bond donors (Lipinski definition) is 0. The van der Waals surface area contributed by atoms with Crippen LogP contribution in [0.1, 0.15) is 24.7 Å². The van der Waals surface area contributed by atoms with Gasteiger partial charge in [-0.05, 0) is 34.0 Å². The Labute approximate surface area is 130 Å². The number of aromatic nitrogens is 3. The first-order valence-electron chi connectivity index (χ1n) is 6.00. The van der Waals surface area contributed by atoms with Crippen LogP contribution in [-0.2, 0) is 22.0 Å². The molecule has 0 unspecified atom stereocenters. The van der Waals surface area contributed by atoms with Crippen molar-refractivity contribution in [2.45, 2.75) is 31.3 Å². The molecule has 20 heavy (non-hydrogen) atoms. The summed E-state index contributed by atoms with van der Waals surface area (Å²) < 4.78 is 25.4. The minimum atomic E-state index is -3.81. The zero-order valence-corrected chi connectivity index (χ0v) is 13.9. The highest BCUT2D eigenvalue weighted by Crippen LogP contribution is 2.18. The lowest BCUT2D eigenvalue weighted by Crippen LogP contribution is -2.04. The monoisotopic (exact) mass is 377 g/mol. The highest BCUT2D eigenvalue weighted by Gasteiger charge is 2.17. The number of halogens is 2. The molecule has 0 saturated carbocycles. The fraction of sp³-hybridized carbons (Fsp3) is 0.333. The molecule has 2 heterocycles. The molecule has 0 spiro atoms. The van der Waals surface area contributed by atoms with Crippen LogP contribution in [0, 0.1) is 0 Å². The van der Waals surface area contributed by atoms with Crippen molar-refractivity contribution in [1.29, 1.82) is 0 Å². The minimum absolute atomic E-state index is 0.106. The number of pyridine rings is 1. The van der Waals surface area contributed by atoms with Crippen LogP contribution in [0.2, 0.25) is 0 Å².